The molecule has 1 fully saturated rings. The van der Waals surface area contributed by atoms with Crippen molar-refractivity contribution in [2.45, 2.75) is 25.8 Å². The average molecular weight is 263 g/mol. The second-order valence-corrected chi connectivity index (χ2v) is 5.09. The Morgan fingerprint density at radius 1 is 1.32 bits per heavy atom. The van der Waals surface area contributed by atoms with E-state index in [-0.39, 0.29) is 12.5 Å². The third kappa shape index (κ3) is 4.33. The number of hydrogen-bond donors (Lipinski definition) is 1. The van der Waals surface area contributed by atoms with E-state index in [0.29, 0.717) is 13.2 Å². The highest BCUT2D eigenvalue weighted by Gasteiger charge is 2.23. The minimum Gasteiger partial charge on any atom is -0.481 e. The van der Waals surface area contributed by atoms with Crippen molar-refractivity contribution >= 4 is 5.97 Å². The van der Waals surface area contributed by atoms with Crippen LogP contribution in [0.4, 0.5) is 0 Å². The Labute approximate surface area is 114 Å². The average Bonchev–Trinajstić information content (AvgIpc) is 2.41. The lowest BCUT2D eigenvalue weighted by molar-refractivity contribution is -0.138. The highest BCUT2D eigenvalue weighted by atomic mass is 16.5. The highest BCUT2D eigenvalue weighted by Crippen LogP contribution is 2.15. The normalized spacial score (nSPS) is 18.2. The zero-order valence-corrected chi connectivity index (χ0v) is 11.3. The van der Waals surface area contributed by atoms with Gasteiger partial charge in [0, 0.05) is 19.1 Å². The van der Waals surface area contributed by atoms with Gasteiger partial charge in [-0.15, -0.1) is 0 Å². The summed E-state index contributed by atoms with van der Waals surface area (Å²) in [4.78, 5) is 13.3. The smallest absolute Gasteiger partial charge is 0.304 e. The number of morpholine rings is 1. The first-order valence-electron chi connectivity index (χ1n) is 6.74. The lowest BCUT2D eigenvalue weighted by Gasteiger charge is -2.33. The van der Waals surface area contributed by atoms with Crippen molar-refractivity contribution in [3.05, 3.63) is 35.4 Å². The minimum absolute atomic E-state index is 0.0594. The third-order valence-electron chi connectivity index (χ3n) is 3.56. The first-order chi connectivity index (χ1) is 9.15. The van der Waals surface area contributed by atoms with Gasteiger partial charge in [0.2, 0.25) is 0 Å². The van der Waals surface area contributed by atoms with Gasteiger partial charge in [0.1, 0.15) is 0 Å². The molecule has 0 bridgehead atoms. The summed E-state index contributed by atoms with van der Waals surface area (Å²) < 4.78 is 5.33. The lowest BCUT2D eigenvalue weighted by atomic mass is 10.0. The van der Waals surface area contributed by atoms with E-state index >= 15 is 0 Å². The Morgan fingerprint density at radius 2 is 1.95 bits per heavy atom. The molecule has 1 heterocycles. The van der Waals surface area contributed by atoms with E-state index in [2.05, 4.69) is 36.1 Å². The van der Waals surface area contributed by atoms with Crippen molar-refractivity contribution < 1.29 is 14.6 Å². The van der Waals surface area contributed by atoms with E-state index in [1.54, 1.807) is 0 Å². The summed E-state index contributed by atoms with van der Waals surface area (Å²) in [5, 5.41) is 9.08. The van der Waals surface area contributed by atoms with Crippen molar-refractivity contribution in [2.24, 2.45) is 0 Å². The van der Waals surface area contributed by atoms with Crippen LogP contribution in [0.2, 0.25) is 0 Å². The zero-order chi connectivity index (χ0) is 13.7. The predicted molar refractivity (Wildman–Crippen MR) is 73.3 cm³/mol. The van der Waals surface area contributed by atoms with E-state index in [1.807, 2.05) is 0 Å². The van der Waals surface area contributed by atoms with Crippen LogP contribution in [0.3, 0.4) is 0 Å². The summed E-state index contributed by atoms with van der Waals surface area (Å²) in [5.41, 5.74) is 2.42. The largest absolute Gasteiger partial charge is 0.481 e. The Kier molecular flexibility index (Phi) is 4.93. The van der Waals surface area contributed by atoms with Gasteiger partial charge < -0.3 is 9.84 Å². The van der Waals surface area contributed by atoms with E-state index in [4.69, 9.17) is 9.84 Å². The van der Waals surface area contributed by atoms with Gasteiger partial charge in [-0.2, -0.15) is 0 Å². The predicted octanol–water partition coefficient (Wildman–Crippen LogP) is 1.71. The first-order valence-corrected chi connectivity index (χ1v) is 6.74. The molecule has 1 N–H and O–H groups in total. The van der Waals surface area contributed by atoms with Crippen LogP contribution in [-0.2, 0) is 16.0 Å². The molecule has 4 heteroatoms. The first kappa shape index (κ1) is 14.0. The van der Waals surface area contributed by atoms with Gasteiger partial charge in [-0.3, -0.25) is 9.69 Å². The number of rotatable bonds is 5. The van der Waals surface area contributed by atoms with Gasteiger partial charge in [-0.25, -0.2) is 0 Å². The molecule has 0 aromatic heterocycles. The lowest BCUT2D eigenvalue weighted by Crippen LogP contribution is -2.45. The van der Waals surface area contributed by atoms with Crippen molar-refractivity contribution in [3.8, 4) is 0 Å². The summed E-state index contributed by atoms with van der Waals surface area (Å²) in [6.45, 7) is 5.10. The number of carboxylic acids is 1. The van der Waals surface area contributed by atoms with Crippen LogP contribution in [0.5, 0.6) is 0 Å². The summed E-state index contributed by atoms with van der Waals surface area (Å²) in [6.07, 6.45) is 0.973. The highest BCUT2D eigenvalue weighted by molar-refractivity contribution is 5.67. The Balaban J connectivity index is 2.03. The number of benzene rings is 1. The topological polar surface area (TPSA) is 49.8 Å². The number of aryl methyl sites for hydroxylation is 1. The molecule has 1 unspecified atom stereocenters. The van der Waals surface area contributed by atoms with Crippen LogP contribution in [0, 0.1) is 6.92 Å². The second-order valence-electron chi connectivity index (χ2n) is 5.09. The number of aliphatic carboxylic acids is 1. The quantitative estimate of drug-likeness (QED) is 0.878. The molecule has 1 saturated heterocycles. The molecule has 0 aliphatic carbocycles. The summed E-state index contributed by atoms with van der Waals surface area (Å²) in [7, 11) is 0. The molecule has 0 saturated carbocycles. The van der Waals surface area contributed by atoms with Crippen LogP contribution in [0.15, 0.2) is 24.3 Å². The SMILES string of the molecule is Cc1ccc(CC(CC(=O)O)N2CCOCC2)cc1. The van der Waals surface area contributed by atoms with Gasteiger partial charge in [-0.05, 0) is 18.9 Å². The summed E-state index contributed by atoms with van der Waals surface area (Å²) in [5.74, 6) is -0.733. The Morgan fingerprint density at radius 3 is 2.53 bits per heavy atom. The fraction of sp³-hybridized carbons (Fsp3) is 0.533. The molecule has 1 atom stereocenters. The number of nitrogens with zero attached hydrogens (tertiary/aromatic N) is 1. The molecular formula is C15H21NO3. The van der Waals surface area contributed by atoms with Crippen LogP contribution < -0.4 is 0 Å². The van der Waals surface area contributed by atoms with Crippen molar-refractivity contribution in [3.63, 3.8) is 0 Å². The molecule has 2 rings (SSSR count). The van der Waals surface area contributed by atoms with Crippen molar-refractivity contribution in [1.29, 1.82) is 0 Å². The molecule has 1 aliphatic heterocycles. The minimum atomic E-state index is -0.733. The van der Waals surface area contributed by atoms with Crippen LogP contribution in [-0.4, -0.2) is 48.3 Å². The molecule has 1 aromatic carbocycles. The maximum absolute atomic E-state index is 11.0. The number of hydrogen-bond acceptors (Lipinski definition) is 3. The molecule has 104 valence electrons. The number of ether oxygens (including phenoxy) is 1. The number of carbonyl (C=O) groups is 1. The maximum atomic E-state index is 11.0. The molecule has 1 aliphatic rings. The molecule has 1 aromatic rings. The van der Waals surface area contributed by atoms with E-state index in [1.165, 1.54) is 11.1 Å². The van der Waals surface area contributed by atoms with Gasteiger partial charge in [0.25, 0.3) is 0 Å². The molecular weight excluding hydrogens is 242 g/mol. The zero-order valence-electron chi connectivity index (χ0n) is 11.3. The molecule has 0 spiro atoms. The summed E-state index contributed by atoms with van der Waals surface area (Å²) in [6, 6.07) is 8.39. The van der Waals surface area contributed by atoms with E-state index in [0.717, 1.165) is 19.5 Å². The fourth-order valence-electron chi connectivity index (χ4n) is 2.47. The van der Waals surface area contributed by atoms with Gasteiger partial charge >= 0.3 is 5.97 Å². The van der Waals surface area contributed by atoms with Crippen LogP contribution >= 0.6 is 0 Å². The Bertz CT molecular complexity index is 410. The van der Waals surface area contributed by atoms with Crippen molar-refractivity contribution in [1.82, 2.24) is 4.90 Å². The third-order valence-corrected chi connectivity index (χ3v) is 3.56. The second kappa shape index (κ2) is 6.68. The van der Waals surface area contributed by atoms with Crippen LogP contribution in [0.1, 0.15) is 17.5 Å². The van der Waals surface area contributed by atoms with E-state index < -0.39 is 5.97 Å². The molecule has 4 nitrogen and oxygen atoms in total. The monoisotopic (exact) mass is 263 g/mol. The standard InChI is InChI=1S/C15H21NO3/c1-12-2-4-13(5-3-12)10-14(11-15(17)18)16-6-8-19-9-7-16/h2-5,14H,6-11H2,1H3,(H,17,18). The molecule has 19 heavy (non-hydrogen) atoms. The van der Waals surface area contributed by atoms with Crippen LogP contribution in [0.25, 0.3) is 0 Å². The maximum Gasteiger partial charge on any atom is 0.304 e. The number of carboxylic acid groups (broad SMARTS) is 1. The van der Waals surface area contributed by atoms with E-state index in [9.17, 15) is 4.79 Å². The molecule has 0 amide bonds. The van der Waals surface area contributed by atoms with Crippen molar-refractivity contribution in [2.75, 3.05) is 26.3 Å². The molecule has 0 radical (unpaired) electrons. The Hall–Kier alpha value is -1.39. The summed E-state index contributed by atoms with van der Waals surface area (Å²) >= 11 is 0. The fourth-order valence-corrected chi connectivity index (χ4v) is 2.47. The van der Waals surface area contributed by atoms with Gasteiger partial charge in [-0.1, -0.05) is 29.8 Å². The van der Waals surface area contributed by atoms with Gasteiger partial charge in [0.15, 0.2) is 0 Å². The van der Waals surface area contributed by atoms with Gasteiger partial charge in [0.05, 0.1) is 19.6 Å².